The second-order valence-electron chi connectivity index (χ2n) is 6.54. The SMILES string of the molecule is Cc1nn(C[C@H](O)c2ccc(CC(C)C)cc2)c(=O)c(C#N)c1C. The van der Waals surface area contributed by atoms with Crippen LogP contribution >= 0.6 is 0 Å². The molecule has 5 heteroatoms. The van der Waals surface area contributed by atoms with Crippen LogP contribution in [0.25, 0.3) is 0 Å². The van der Waals surface area contributed by atoms with Crippen molar-refractivity contribution in [3.05, 3.63) is 62.6 Å². The van der Waals surface area contributed by atoms with Crippen molar-refractivity contribution >= 4 is 0 Å². The zero-order valence-electron chi connectivity index (χ0n) is 14.6. The van der Waals surface area contributed by atoms with Gasteiger partial charge in [0.15, 0.2) is 0 Å². The fourth-order valence-corrected chi connectivity index (χ4v) is 2.64. The molecule has 1 aromatic carbocycles. The molecule has 0 aliphatic heterocycles. The molecule has 0 saturated heterocycles. The van der Waals surface area contributed by atoms with Gasteiger partial charge < -0.3 is 5.11 Å². The first-order valence-electron chi connectivity index (χ1n) is 8.08. The van der Waals surface area contributed by atoms with Crippen molar-refractivity contribution in [2.45, 2.75) is 46.8 Å². The van der Waals surface area contributed by atoms with Crippen LogP contribution in [-0.4, -0.2) is 14.9 Å². The van der Waals surface area contributed by atoms with Crippen LogP contribution in [0.2, 0.25) is 0 Å². The number of aliphatic hydroxyl groups is 1. The fourth-order valence-electron chi connectivity index (χ4n) is 2.64. The van der Waals surface area contributed by atoms with Crippen LogP contribution in [0.5, 0.6) is 0 Å². The molecule has 2 aromatic rings. The van der Waals surface area contributed by atoms with Gasteiger partial charge in [0.25, 0.3) is 5.56 Å². The number of hydrogen-bond donors (Lipinski definition) is 1. The summed E-state index contributed by atoms with van der Waals surface area (Å²) in [5.41, 5.74) is 2.78. The maximum Gasteiger partial charge on any atom is 0.285 e. The summed E-state index contributed by atoms with van der Waals surface area (Å²) >= 11 is 0. The van der Waals surface area contributed by atoms with Gasteiger partial charge in [0.2, 0.25) is 0 Å². The van der Waals surface area contributed by atoms with Crippen molar-refractivity contribution in [1.29, 1.82) is 5.26 Å². The van der Waals surface area contributed by atoms with E-state index in [1.54, 1.807) is 13.8 Å². The minimum absolute atomic E-state index is 0.0260. The first-order chi connectivity index (χ1) is 11.3. The smallest absolute Gasteiger partial charge is 0.285 e. The molecule has 0 saturated carbocycles. The number of aliphatic hydroxyl groups excluding tert-OH is 1. The van der Waals surface area contributed by atoms with E-state index in [1.165, 1.54) is 10.2 Å². The van der Waals surface area contributed by atoms with Gasteiger partial charge in [-0.05, 0) is 42.9 Å². The van der Waals surface area contributed by atoms with Gasteiger partial charge in [-0.15, -0.1) is 0 Å². The zero-order valence-corrected chi connectivity index (χ0v) is 14.6. The van der Waals surface area contributed by atoms with Gasteiger partial charge in [-0.1, -0.05) is 38.1 Å². The number of hydrogen-bond acceptors (Lipinski definition) is 4. The molecule has 1 N–H and O–H groups in total. The van der Waals surface area contributed by atoms with E-state index in [2.05, 4.69) is 18.9 Å². The van der Waals surface area contributed by atoms with Crippen LogP contribution < -0.4 is 5.56 Å². The predicted octanol–water partition coefficient (Wildman–Crippen LogP) is 2.66. The van der Waals surface area contributed by atoms with Crippen LogP contribution in [0.4, 0.5) is 0 Å². The summed E-state index contributed by atoms with van der Waals surface area (Å²) in [5.74, 6) is 0.573. The highest BCUT2D eigenvalue weighted by Gasteiger charge is 2.15. The van der Waals surface area contributed by atoms with Crippen molar-refractivity contribution < 1.29 is 5.11 Å². The number of nitriles is 1. The molecule has 1 heterocycles. The number of nitrogens with zero attached hydrogens (tertiary/aromatic N) is 3. The summed E-state index contributed by atoms with van der Waals surface area (Å²) < 4.78 is 1.17. The first-order valence-corrected chi connectivity index (χ1v) is 8.08. The van der Waals surface area contributed by atoms with Crippen LogP contribution in [0.15, 0.2) is 29.1 Å². The monoisotopic (exact) mass is 325 g/mol. The Balaban J connectivity index is 2.24. The van der Waals surface area contributed by atoms with E-state index in [0.29, 0.717) is 17.2 Å². The molecule has 0 aliphatic rings. The summed E-state index contributed by atoms with van der Waals surface area (Å²) in [4.78, 5) is 12.3. The van der Waals surface area contributed by atoms with Crippen molar-refractivity contribution in [2.24, 2.45) is 5.92 Å². The molecule has 2 rings (SSSR count). The summed E-state index contributed by atoms with van der Waals surface area (Å²) in [6, 6.07) is 9.67. The van der Waals surface area contributed by atoms with Gasteiger partial charge in [0.05, 0.1) is 18.3 Å². The molecule has 0 bridgehead atoms. The summed E-state index contributed by atoms with van der Waals surface area (Å²) in [7, 11) is 0. The third-order valence-corrected chi connectivity index (χ3v) is 4.10. The number of aryl methyl sites for hydroxylation is 1. The number of benzene rings is 1. The lowest BCUT2D eigenvalue weighted by molar-refractivity contribution is 0.149. The Morgan fingerprint density at radius 2 is 1.88 bits per heavy atom. The number of rotatable bonds is 5. The minimum atomic E-state index is -0.850. The van der Waals surface area contributed by atoms with E-state index in [9.17, 15) is 9.90 Å². The molecule has 0 fully saturated rings. The second kappa shape index (κ2) is 7.41. The first kappa shape index (κ1) is 17.9. The quantitative estimate of drug-likeness (QED) is 0.916. The lowest BCUT2D eigenvalue weighted by Crippen LogP contribution is -2.29. The Hall–Kier alpha value is -2.45. The molecule has 0 radical (unpaired) electrons. The third kappa shape index (κ3) is 3.90. The molecule has 0 unspecified atom stereocenters. The minimum Gasteiger partial charge on any atom is -0.386 e. The molecular weight excluding hydrogens is 302 g/mol. The Morgan fingerprint density at radius 1 is 1.25 bits per heavy atom. The Bertz CT molecular complexity index is 814. The Labute approximate surface area is 142 Å². The normalized spacial score (nSPS) is 12.2. The molecular formula is C19H23N3O2. The average Bonchev–Trinajstić information content (AvgIpc) is 2.53. The lowest BCUT2D eigenvalue weighted by atomic mass is 10.0. The highest BCUT2D eigenvalue weighted by atomic mass is 16.3. The van der Waals surface area contributed by atoms with Gasteiger partial charge in [-0.25, -0.2) is 4.68 Å². The molecule has 0 spiro atoms. The van der Waals surface area contributed by atoms with Gasteiger partial charge in [0.1, 0.15) is 11.6 Å². The van der Waals surface area contributed by atoms with Gasteiger partial charge in [0, 0.05) is 0 Å². The molecule has 5 nitrogen and oxygen atoms in total. The van der Waals surface area contributed by atoms with E-state index >= 15 is 0 Å². The maximum atomic E-state index is 12.3. The van der Waals surface area contributed by atoms with Crippen LogP contribution in [-0.2, 0) is 13.0 Å². The molecule has 1 atom stereocenters. The van der Waals surface area contributed by atoms with E-state index in [-0.39, 0.29) is 12.1 Å². The lowest BCUT2D eigenvalue weighted by Gasteiger charge is -2.15. The summed E-state index contributed by atoms with van der Waals surface area (Å²) in [6.45, 7) is 7.80. The van der Waals surface area contributed by atoms with Crippen molar-refractivity contribution in [3.8, 4) is 6.07 Å². The largest absolute Gasteiger partial charge is 0.386 e. The molecule has 24 heavy (non-hydrogen) atoms. The van der Waals surface area contributed by atoms with E-state index in [1.807, 2.05) is 30.3 Å². The van der Waals surface area contributed by atoms with Crippen molar-refractivity contribution in [3.63, 3.8) is 0 Å². The highest BCUT2D eigenvalue weighted by Crippen LogP contribution is 2.17. The third-order valence-electron chi connectivity index (χ3n) is 4.10. The second-order valence-corrected chi connectivity index (χ2v) is 6.54. The van der Waals surface area contributed by atoms with E-state index in [0.717, 1.165) is 12.0 Å². The average molecular weight is 325 g/mol. The molecule has 0 amide bonds. The summed E-state index contributed by atoms with van der Waals surface area (Å²) in [5, 5.41) is 23.8. The topological polar surface area (TPSA) is 78.9 Å². The van der Waals surface area contributed by atoms with Gasteiger partial charge >= 0.3 is 0 Å². The van der Waals surface area contributed by atoms with Gasteiger partial charge in [-0.2, -0.15) is 10.4 Å². The maximum absolute atomic E-state index is 12.3. The van der Waals surface area contributed by atoms with E-state index < -0.39 is 11.7 Å². The molecule has 1 aromatic heterocycles. The Morgan fingerprint density at radius 3 is 2.42 bits per heavy atom. The zero-order chi connectivity index (χ0) is 17.9. The van der Waals surface area contributed by atoms with Crippen LogP contribution in [0.1, 0.15) is 47.9 Å². The van der Waals surface area contributed by atoms with E-state index in [4.69, 9.17) is 5.26 Å². The standard InChI is InChI=1S/C19H23N3O2/c1-12(2)9-15-5-7-16(8-6-15)18(23)11-22-19(24)17(10-20)13(3)14(4)21-22/h5-8,12,18,23H,9,11H2,1-4H3/t18-/m0/s1. The molecule has 0 aliphatic carbocycles. The van der Waals surface area contributed by atoms with Crippen LogP contribution in [0, 0.1) is 31.1 Å². The predicted molar refractivity (Wildman–Crippen MR) is 92.6 cm³/mol. The fraction of sp³-hybridized carbons (Fsp3) is 0.421. The van der Waals surface area contributed by atoms with Crippen LogP contribution in [0.3, 0.4) is 0 Å². The molecule has 126 valence electrons. The Kier molecular flexibility index (Phi) is 5.53. The number of aromatic nitrogens is 2. The van der Waals surface area contributed by atoms with Crippen molar-refractivity contribution in [2.75, 3.05) is 0 Å². The van der Waals surface area contributed by atoms with Gasteiger partial charge in [-0.3, -0.25) is 4.79 Å². The van der Waals surface area contributed by atoms with Crippen molar-refractivity contribution in [1.82, 2.24) is 9.78 Å². The highest BCUT2D eigenvalue weighted by molar-refractivity contribution is 5.36. The summed E-state index contributed by atoms with van der Waals surface area (Å²) in [6.07, 6.45) is 0.136.